The van der Waals surface area contributed by atoms with E-state index in [2.05, 4.69) is 10.4 Å². The largest absolute Gasteiger partial charge is 0.330 e. The van der Waals surface area contributed by atoms with Crippen LogP contribution in [0.1, 0.15) is 29.8 Å². The predicted molar refractivity (Wildman–Crippen MR) is 96.3 cm³/mol. The number of hydrogen-bond acceptors (Lipinski definition) is 3. The van der Waals surface area contributed by atoms with E-state index in [1.165, 1.54) is 0 Å². The highest BCUT2D eigenvalue weighted by Gasteiger charge is 2.39. The van der Waals surface area contributed by atoms with Crippen molar-refractivity contribution in [3.63, 3.8) is 0 Å². The fourth-order valence-electron chi connectivity index (χ4n) is 3.65. The first-order chi connectivity index (χ1) is 11.2. The van der Waals surface area contributed by atoms with Gasteiger partial charge in [-0.15, -0.1) is 12.4 Å². The number of amides is 1. The normalized spacial score (nSPS) is 22.8. The molecule has 0 radical (unpaired) electrons. The lowest BCUT2D eigenvalue weighted by molar-refractivity contribution is 0.0673. The first-order valence-corrected chi connectivity index (χ1v) is 8.45. The molecule has 2 unspecified atom stereocenters. The summed E-state index contributed by atoms with van der Waals surface area (Å²) in [7, 11) is 0. The molecule has 1 aromatic carbocycles. The van der Waals surface area contributed by atoms with Gasteiger partial charge in [0.05, 0.1) is 5.69 Å². The summed E-state index contributed by atoms with van der Waals surface area (Å²) in [6, 6.07) is 9.89. The number of hydrogen-bond donors (Lipinski definition) is 1. The molecular formula is C17H20Cl2N4O. The van der Waals surface area contributed by atoms with Crippen molar-refractivity contribution < 1.29 is 4.79 Å². The van der Waals surface area contributed by atoms with Gasteiger partial charge in [-0.05, 0) is 50.1 Å². The monoisotopic (exact) mass is 366 g/mol. The van der Waals surface area contributed by atoms with Gasteiger partial charge < -0.3 is 10.2 Å². The number of carbonyl (C=O) groups excluding carboxylic acids is 1. The van der Waals surface area contributed by atoms with Gasteiger partial charge in [0.25, 0.3) is 5.91 Å². The van der Waals surface area contributed by atoms with Crippen LogP contribution in [0.15, 0.2) is 36.5 Å². The van der Waals surface area contributed by atoms with Crippen LogP contribution >= 0.6 is 24.0 Å². The zero-order valence-corrected chi connectivity index (χ0v) is 14.8. The van der Waals surface area contributed by atoms with Gasteiger partial charge in [-0.3, -0.25) is 4.79 Å². The highest BCUT2D eigenvalue weighted by molar-refractivity contribution is 6.30. The molecule has 128 valence electrons. The second-order valence-electron chi connectivity index (χ2n) is 6.22. The van der Waals surface area contributed by atoms with Crippen LogP contribution in [0.5, 0.6) is 0 Å². The number of nitrogens with one attached hydrogen (secondary N) is 1. The van der Waals surface area contributed by atoms with E-state index >= 15 is 0 Å². The molecule has 1 N–H and O–H groups in total. The summed E-state index contributed by atoms with van der Waals surface area (Å²) in [5.74, 6) is 0.0435. The molecule has 2 aromatic rings. The van der Waals surface area contributed by atoms with Crippen LogP contribution in [0.2, 0.25) is 5.02 Å². The van der Waals surface area contributed by atoms with Gasteiger partial charge in [-0.25, -0.2) is 4.68 Å². The minimum atomic E-state index is 0. The van der Waals surface area contributed by atoms with Gasteiger partial charge in [-0.1, -0.05) is 17.7 Å². The highest BCUT2D eigenvalue weighted by atomic mass is 35.5. The molecule has 2 aliphatic rings. The Bertz CT molecular complexity index is 719. The fourth-order valence-corrected chi connectivity index (χ4v) is 3.83. The molecule has 0 spiro atoms. The average Bonchev–Trinajstić information content (AvgIpc) is 3.11. The molecule has 1 amide bonds. The van der Waals surface area contributed by atoms with Crippen LogP contribution in [0.4, 0.5) is 0 Å². The standard InChI is InChI=1S/C17H19ClN4O.ClH/c18-12-2-1-3-14(10-12)21-9-7-16(20-21)17(23)22-13-4-5-15(22)11-19-8-6-13;/h1-3,7,9-10,13,15,19H,4-6,8,11H2;1H. The summed E-state index contributed by atoms with van der Waals surface area (Å²) in [5, 5.41) is 8.54. The van der Waals surface area contributed by atoms with Crippen molar-refractivity contribution in [2.75, 3.05) is 13.1 Å². The summed E-state index contributed by atoms with van der Waals surface area (Å²) < 4.78 is 1.71. The van der Waals surface area contributed by atoms with Crippen molar-refractivity contribution in [2.45, 2.75) is 31.3 Å². The molecule has 1 aromatic heterocycles. The lowest BCUT2D eigenvalue weighted by atomic mass is 10.1. The van der Waals surface area contributed by atoms with Crippen LogP contribution in [-0.4, -0.2) is 45.8 Å². The average molecular weight is 367 g/mol. The third kappa shape index (κ3) is 3.16. The molecule has 0 saturated carbocycles. The maximum absolute atomic E-state index is 12.9. The molecule has 2 bridgehead atoms. The number of halogens is 2. The van der Waals surface area contributed by atoms with Gasteiger partial charge >= 0.3 is 0 Å². The van der Waals surface area contributed by atoms with E-state index in [0.29, 0.717) is 22.8 Å². The molecule has 3 heterocycles. The molecule has 4 rings (SSSR count). The highest BCUT2D eigenvalue weighted by Crippen LogP contribution is 2.29. The summed E-state index contributed by atoms with van der Waals surface area (Å²) in [5.41, 5.74) is 1.36. The van der Waals surface area contributed by atoms with Crippen molar-refractivity contribution in [1.82, 2.24) is 20.0 Å². The third-order valence-electron chi connectivity index (χ3n) is 4.77. The number of benzene rings is 1. The van der Waals surface area contributed by atoms with E-state index in [4.69, 9.17) is 11.6 Å². The molecule has 2 aliphatic heterocycles. The summed E-state index contributed by atoms with van der Waals surface area (Å²) >= 11 is 6.03. The summed E-state index contributed by atoms with van der Waals surface area (Å²) in [4.78, 5) is 15.0. The van der Waals surface area contributed by atoms with Crippen LogP contribution in [0, 0.1) is 0 Å². The first kappa shape index (κ1) is 17.3. The molecule has 0 aliphatic carbocycles. The first-order valence-electron chi connectivity index (χ1n) is 8.07. The Balaban J connectivity index is 0.00000169. The number of rotatable bonds is 2. The van der Waals surface area contributed by atoms with Crippen LogP contribution in [-0.2, 0) is 0 Å². The zero-order chi connectivity index (χ0) is 15.8. The maximum Gasteiger partial charge on any atom is 0.274 e. The Morgan fingerprint density at radius 2 is 2.04 bits per heavy atom. The molecule has 24 heavy (non-hydrogen) atoms. The number of aromatic nitrogens is 2. The summed E-state index contributed by atoms with van der Waals surface area (Å²) in [6.07, 6.45) is 5.03. The van der Waals surface area contributed by atoms with Gasteiger partial charge in [0.1, 0.15) is 0 Å². The van der Waals surface area contributed by atoms with Crippen molar-refractivity contribution in [3.8, 4) is 5.69 Å². The molecular weight excluding hydrogens is 347 g/mol. The Labute approximate surface area is 152 Å². The molecule has 5 nitrogen and oxygen atoms in total. The third-order valence-corrected chi connectivity index (χ3v) is 5.00. The SMILES string of the molecule is Cl.O=C(c1ccn(-c2cccc(Cl)c2)n1)N1C2CCNCC1CC2. The number of carbonyl (C=O) groups is 1. The fraction of sp³-hybridized carbons (Fsp3) is 0.412. The number of nitrogens with zero attached hydrogens (tertiary/aromatic N) is 3. The van der Waals surface area contributed by atoms with E-state index in [-0.39, 0.29) is 18.3 Å². The van der Waals surface area contributed by atoms with E-state index in [0.717, 1.165) is 38.0 Å². The van der Waals surface area contributed by atoms with Gasteiger partial charge in [0.15, 0.2) is 5.69 Å². The minimum Gasteiger partial charge on any atom is -0.330 e. The molecule has 2 saturated heterocycles. The van der Waals surface area contributed by atoms with Crippen molar-refractivity contribution >= 4 is 29.9 Å². The van der Waals surface area contributed by atoms with Crippen LogP contribution in [0.25, 0.3) is 5.69 Å². The van der Waals surface area contributed by atoms with Crippen molar-refractivity contribution in [1.29, 1.82) is 0 Å². The maximum atomic E-state index is 12.9. The lowest BCUT2D eigenvalue weighted by Crippen LogP contribution is -2.42. The van der Waals surface area contributed by atoms with Gasteiger partial charge in [-0.2, -0.15) is 5.10 Å². The van der Waals surface area contributed by atoms with Crippen molar-refractivity contribution in [2.24, 2.45) is 0 Å². The smallest absolute Gasteiger partial charge is 0.274 e. The predicted octanol–water partition coefficient (Wildman–Crippen LogP) is 2.91. The van der Waals surface area contributed by atoms with E-state index < -0.39 is 0 Å². The van der Waals surface area contributed by atoms with Crippen LogP contribution < -0.4 is 5.32 Å². The molecule has 2 fully saturated rings. The van der Waals surface area contributed by atoms with E-state index in [1.807, 2.05) is 35.4 Å². The minimum absolute atomic E-state index is 0. The Kier molecular flexibility index (Phi) is 5.13. The second kappa shape index (κ2) is 7.13. The number of fused-ring (bicyclic) bond motifs is 2. The Hall–Kier alpha value is -1.56. The second-order valence-corrected chi connectivity index (χ2v) is 6.65. The van der Waals surface area contributed by atoms with Crippen molar-refractivity contribution in [3.05, 3.63) is 47.2 Å². The topological polar surface area (TPSA) is 50.2 Å². The van der Waals surface area contributed by atoms with Gasteiger partial charge in [0, 0.05) is 29.8 Å². The van der Waals surface area contributed by atoms with Crippen LogP contribution in [0.3, 0.4) is 0 Å². The Morgan fingerprint density at radius 1 is 1.21 bits per heavy atom. The molecule has 7 heteroatoms. The Morgan fingerprint density at radius 3 is 2.88 bits per heavy atom. The summed E-state index contributed by atoms with van der Waals surface area (Å²) in [6.45, 7) is 1.87. The van der Waals surface area contributed by atoms with E-state index in [9.17, 15) is 4.79 Å². The van der Waals surface area contributed by atoms with Gasteiger partial charge in [0.2, 0.25) is 0 Å². The van der Waals surface area contributed by atoms with E-state index in [1.54, 1.807) is 10.7 Å². The molecule has 2 atom stereocenters. The zero-order valence-electron chi connectivity index (χ0n) is 13.2. The lowest BCUT2D eigenvalue weighted by Gasteiger charge is -2.27. The quantitative estimate of drug-likeness (QED) is 0.888.